The zero-order valence-corrected chi connectivity index (χ0v) is 21.6. The Hall–Kier alpha value is -3.89. The number of aromatic nitrogens is 4. The topological polar surface area (TPSA) is 138 Å². The van der Waals surface area contributed by atoms with Crippen LogP contribution >= 0.6 is 0 Å². The minimum atomic E-state index is -4.71. The van der Waals surface area contributed by atoms with Gasteiger partial charge in [0, 0.05) is 6.54 Å². The fourth-order valence-electron chi connectivity index (χ4n) is 3.88. The maximum absolute atomic E-state index is 13.4. The van der Waals surface area contributed by atoms with Crippen molar-refractivity contribution in [2.45, 2.75) is 63.8 Å². The summed E-state index contributed by atoms with van der Waals surface area (Å²) in [5, 5.41) is 11.5. The molecule has 218 valence electrons. The fourth-order valence-corrected chi connectivity index (χ4v) is 3.88. The molecule has 0 bridgehead atoms. The number of halogens is 6. The summed E-state index contributed by atoms with van der Waals surface area (Å²) in [4.78, 5) is 33.2. The SMILES string of the molecule is Cc1nonc1C(=O)N[C@@H](COC(C)(C)C(F)(F)F)c1nc2ccc(CN3C[C@](C)(C(F)(F)F)NC3=O)cc2[nH]1. The van der Waals surface area contributed by atoms with Crippen LogP contribution in [0, 0.1) is 6.92 Å². The van der Waals surface area contributed by atoms with Gasteiger partial charge in [-0.2, -0.15) is 26.3 Å². The van der Waals surface area contributed by atoms with Gasteiger partial charge in [-0.05, 0) is 50.5 Å². The number of carbonyl (C=O) groups is 2. The van der Waals surface area contributed by atoms with Gasteiger partial charge in [0.1, 0.15) is 17.6 Å². The zero-order chi connectivity index (χ0) is 29.7. The smallest absolute Gasteiger partial charge is 0.364 e. The summed E-state index contributed by atoms with van der Waals surface area (Å²) >= 11 is 0. The molecule has 2 atom stereocenters. The summed E-state index contributed by atoms with van der Waals surface area (Å²) in [5.41, 5.74) is -3.83. The van der Waals surface area contributed by atoms with Gasteiger partial charge in [0.25, 0.3) is 5.91 Å². The average molecular weight is 577 g/mol. The largest absolute Gasteiger partial charge is 0.416 e. The van der Waals surface area contributed by atoms with Crippen LogP contribution in [0.15, 0.2) is 22.8 Å². The fraction of sp³-hybridized carbons (Fsp3) is 0.522. The number of nitrogens with one attached hydrogen (secondary N) is 3. The lowest BCUT2D eigenvalue weighted by Crippen LogP contribution is -2.53. The van der Waals surface area contributed by atoms with E-state index in [9.17, 15) is 35.9 Å². The number of hydrogen-bond donors (Lipinski definition) is 3. The number of ether oxygens (including phenoxy) is 1. The second-order valence-electron chi connectivity index (χ2n) is 10.1. The Balaban J connectivity index is 1.58. The minimum absolute atomic E-state index is 0.0381. The number of aryl methyl sites for hydroxylation is 1. The highest BCUT2D eigenvalue weighted by molar-refractivity contribution is 5.93. The van der Waals surface area contributed by atoms with E-state index >= 15 is 0 Å². The van der Waals surface area contributed by atoms with Crippen molar-refractivity contribution in [2.75, 3.05) is 13.2 Å². The van der Waals surface area contributed by atoms with E-state index in [1.54, 1.807) is 6.07 Å². The number of H-pyrrole nitrogens is 1. The van der Waals surface area contributed by atoms with E-state index < -0.39 is 54.6 Å². The molecule has 0 unspecified atom stereocenters. The van der Waals surface area contributed by atoms with Crippen molar-refractivity contribution in [1.29, 1.82) is 0 Å². The Morgan fingerprint density at radius 1 is 1.23 bits per heavy atom. The molecule has 0 spiro atoms. The first kappa shape index (κ1) is 29.1. The molecule has 4 rings (SSSR count). The monoisotopic (exact) mass is 577 g/mol. The molecule has 1 fully saturated rings. The van der Waals surface area contributed by atoms with E-state index in [1.165, 1.54) is 19.1 Å². The molecule has 1 saturated heterocycles. The second kappa shape index (κ2) is 9.94. The van der Waals surface area contributed by atoms with E-state index in [0.29, 0.717) is 16.6 Å². The highest BCUT2D eigenvalue weighted by Gasteiger charge is 2.57. The molecule has 1 aromatic carbocycles. The number of aromatic amines is 1. The Bertz CT molecular complexity index is 1420. The van der Waals surface area contributed by atoms with Crippen LogP contribution in [0.2, 0.25) is 0 Å². The predicted molar refractivity (Wildman–Crippen MR) is 125 cm³/mol. The van der Waals surface area contributed by atoms with Crippen molar-refractivity contribution in [3.63, 3.8) is 0 Å². The van der Waals surface area contributed by atoms with Gasteiger partial charge >= 0.3 is 18.4 Å². The van der Waals surface area contributed by atoms with Crippen LogP contribution in [0.1, 0.15) is 54.4 Å². The molecular weight excluding hydrogens is 552 g/mol. The third-order valence-corrected chi connectivity index (χ3v) is 6.54. The maximum atomic E-state index is 13.4. The predicted octanol–water partition coefficient (Wildman–Crippen LogP) is 3.93. The van der Waals surface area contributed by atoms with Crippen LogP contribution in [-0.4, -0.2) is 73.8 Å². The van der Waals surface area contributed by atoms with Gasteiger partial charge < -0.3 is 25.3 Å². The number of fused-ring (bicyclic) bond motifs is 1. The lowest BCUT2D eigenvalue weighted by molar-refractivity contribution is -0.265. The van der Waals surface area contributed by atoms with Crippen LogP contribution in [-0.2, 0) is 11.3 Å². The molecule has 2 aromatic heterocycles. The van der Waals surface area contributed by atoms with E-state index in [-0.39, 0.29) is 23.8 Å². The van der Waals surface area contributed by atoms with Crippen molar-refractivity contribution >= 4 is 23.0 Å². The molecule has 3 amide bonds. The quantitative estimate of drug-likeness (QED) is 0.345. The summed E-state index contributed by atoms with van der Waals surface area (Å²) in [7, 11) is 0. The number of benzene rings is 1. The first-order valence-electron chi connectivity index (χ1n) is 11.8. The molecule has 0 aliphatic carbocycles. The van der Waals surface area contributed by atoms with Crippen LogP contribution in [0.3, 0.4) is 0 Å². The van der Waals surface area contributed by atoms with Gasteiger partial charge in [-0.1, -0.05) is 11.2 Å². The first-order valence-corrected chi connectivity index (χ1v) is 11.8. The van der Waals surface area contributed by atoms with E-state index in [0.717, 1.165) is 25.7 Å². The third-order valence-electron chi connectivity index (χ3n) is 6.54. The number of urea groups is 1. The molecule has 3 heterocycles. The summed E-state index contributed by atoms with van der Waals surface area (Å²) in [6.45, 7) is 2.62. The maximum Gasteiger partial charge on any atom is 0.416 e. The molecule has 0 saturated carbocycles. The minimum Gasteiger partial charge on any atom is -0.364 e. The van der Waals surface area contributed by atoms with Gasteiger partial charge in [-0.25, -0.2) is 14.4 Å². The van der Waals surface area contributed by atoms with E-state index in [4.69, 9.17) is 4.74 Å². The first-order chi connectivity index (χ1) is 18.4. The Morgan fingerprint density at radius 3 is 2.50 bits per heavy atom. The number of carbonyl (C=O) groups excluding carboxylic acids is 2. The summed E-state index contributed by atoms with van der Waals surface area (Å²) in [5.74, 6) is -0.762. The molecule has 3 N–H and O–H groups in total. The lowest BCUT2D eigenvalue weighted by atomic mass is 10.0. The number of imidazole rings is 1. The number of rotatable bonds is 8. The van der Waals surface area contributed by atoms with Crippen molar-refractivity contribution in [3.8, 4) is 0 Å². The molecular formula is C23H25F6N7O4. The van der Waals surface area contributed by atoms with Gasteiger partial charge in [0.05, 0.1) is 24.2 Å². The summed E-state index contributed by atoms with van der Waals surface area (Å²) in [6, 6.07) is 2.51. The van der Waals surface area contributed by atoms with Crippen molar-refractivity contribution in [2.24, 2.45) is 0 Å². The molecule has 17 heteroatoms. The highest BCUT2D eigenvalue weighted by Crippen LogP contribution is 2.35. The van der Waals surface area contributed by atoms with Crippen LogP contribution in [0.25, 0.3) is 11.0 Å². The number of nitrogens with zero attached hydrogens (tertiary/aromatic N) is 4. The van der Waals surface area contributed by atoms with E-state index in [1.807, 2.05) is 5.32 Å². The Morgan fingerprint density at radius 2 is 1.93 bits per heavy atom. The molecule has 1 aliphatic heterocycles. The van der Waals surface area contributed by atoms with Crippen molar-refractivity contribution in [1.82, 2.24) is 35.8 Å². The van der Waals surface area contributed by atoms with Crippen LogP contribution < -0.4 is 10.6 Å². The third kappa shape index (κ3) is 5.68. The van der Waals surface area contributed by atoms with Crippen LogP contribution in [0.4, 0.5) is 31.1 Å². The zero-order valence-electron chi connectivity index (χ0n) is 21.6. The number of amides is 3. The van der Waals surface area contributed by atoms with E-state index in [2.05, 4.69) is 30.2 Å². The van der Waals surface area contributed by atoms with Gasteiger partial charge in [0.2, 0.25) is 0 Å². The molecule has 40 heavy (non-hydrogen) atoms. The Kier molecular flexibility index (Phi) is 7.23. The molecule has 0 radical (unpaired) electrons. The lowest BCUT2D eigenvalue weighted by Gasteiger charge is -2.29. The van der Waals surface area contributed by atoms with Crippen molar-refractivity contribution in [3.05, 3.63) is 41.0 Å². The van der Waals surface area contributed by atoms with Gasteiger partial charge in [0.15, 0.2) is 16.8 Å². The highest BCUT2D eigenvalue weighted by atomic mass is 19.4. The normalized spacial score (nSPS) is 19.2. The molecule has 1 aliphatic rings. The Labute approximate surface area is 222 Å². The van der Waals surface area contributed by atoms with Gasteiger partial charge in [-0.15, -0.1) is 0 Å². The number of hydrogen-bond acceptors (Lipinski definition) is 7. The summed E-state index contributed by atoms with van der Waals surface area (Å²) < 4.78 is 89.8. The van der Waals surface area contributed by atoms with Crippen LogP contribution in [0.5, 0.6) is 0 Å². The summed E-state index contributed by atoms with van der Waals surface area (Å²) in [6.07, 6.45) is -9.36. The standard InChI is InChI=1S/C23H25F6N7O4/c1-11-16(35-40-34-11)18(37)32-15(9-39-20(2,3)22(24,25)26)17-30-13-6-5-12(7-14(13)31-17)8-36-10-21(4,23(27,28)29)33-19(36)38/h5-7,15H,8-10H2,1-4H3,(H,30,31)(H,32,37)(H,33,38)/t15-,21+/m0/s1. The second-order valence-corrected chi connectivity index (χ2v) is 10.1. The average Bonchev–Trinajstić information content (AvgIpc) is 3.52. The van der Waals surface area contributed by atoms with Crippen molar-refractivity contribution < 1.29 is 45.3 Å². The molecule has 11 nitrogen and oxygen atoms in total. The molecule has 3 aromatic rings. The number of alkyl halides is 6. The van der Waals surface area contributed by atoms with Gasteiger partial charge in [-0.3, -0.25) is 4.79 Å².